The molecule has 34 heavy (non-hydrogen) atoms. The minimum absolute atomic E-state index is 0.373. The quantitative estimate of drug-likeness (QED) is 0.114. The molecule has 2 N–H and O–H groups in total. The summed E-state index contributed by atoms with van der Waals surface area (Å²) < 4.78 is 0. The van der Waals surface area contributed by atoms with Crippen molar-refractivity contribution in [1.82, 2.24) is 0 Å². The lowest BCUT2D eigenvalue weighted by Crippen LogP contribution is -2.06. The van der Waals surface area contributed by atoms with Gasteiger partial charge in [0.25, 0.3) is 0 Å². The van der Waals surface area contributed by atoms with Crippen LogP contribution in [-0.2, 0) is 0 Å². The summed E-state index contributed by atoms with van der Waals surface area (Å²) in [5, 5.41) is 18.0. The van der Waals surface area contributed by atoms with Crippen LogP contribution in [0.5, 0.6) is 0 Å². The first-order valence-corrected chi connectivity index (χ1v) is 16.0. The second kappa shape index (κ2) is 35.1. The maximum atomic E-state index is 9.32. The van der Waals surface area contributed by atoms with Crippen molar-refractivity contribution >= 4 is 0 Å². The van der Waals surface area contributed by atoms with E-state index in [0.717, 1.165) is 6.42 Å². The summed E-state index contributed by atoms with van der Waals surface area (Å²) in [6.45, 7) is 7.57. The van der Waals surface area contributed by atoms with Crippen molar-refractivity contribution in [2.24, 2.45) is 5.92 Å². The topological polar surface area (TPSA) is 40.5 Å². The van der Waals surface area contributed by atoms with Crippen LogP contribution in [0.4, 0.5) is 0 Å². The summed E-state index contributed by atoms with van der Waals surface area (Å²) in [5.74, 6) is 0.582. The van der Waals surface area contributed by atoms with Crippen molar-refractivity contribution in [1.29, 1.82) is 0 Å². The van der Waals surface area contributed by atoms with E-state index >= 15 is 0 Å². The lowest BCUT2D eigenvalue weighted by atomic mass is 9.95. The summed E-state index contributed by atoms with van der Waals surface area (Å²) in [6, 6.07) is 0. The number of unbranched alkanes of at least 4 members (excludes halogenated alkanes) is 21. The first-order chi connectivity index (χ1) is 16.8. The Kier molecular flexibility index (Phi) is 37.2. The van der Waals surface area contributed by atoms with E-state index in [9.17, 15) is 5.11 Å². The normalized spacial score (nSPS) is 11.9. The Labute approximate surface area is 217 Å². The van der Waals surface area contributed by atoms with Gasteiger partial charge in [0.05, 0.1) is 0 Å². The molecule has 1 unspecified atom stereocenters. The van der Waals surface area contributed by atoms with Crippen LogP contribution in [-0.4, -0.2) is 23.4 Å². The highest BCUT2D eigenvalue weighted by molar-refractivity contribution is 4.59. The molecular formula is C32H68O2. The zero-order chi connectivity index (χ0) is 25.4. The van der Waals surface area contributed by atoms with Gasteiger partial charge in [0.15, 0.2) is 0 Å². The van der Waals surface area contributed by atoms with E-state index in [1.54, 1.807) is 0 Å². The van der Waals surface area contributed by atoms with Crippen molar-refractivity contribution in [2.45, 2.75) is 188 Å². The molecule has 0 aliphatic carbocycles. The minimum atomic E-state index is 0.373. The van der Waals surface area contributed by atoms with Crippen LogP contribution in [0, 0.1) is 5.92 Å². The van der Waals surface area contributed by atoms with Crippen molar-refractivity contribution < 1.29 is 10.2 Å². The zero-order valence-electron chi connectivity index (χ0n) is 24.3. The third-order valence-corrected chi connectivity index (χ3v) is 7.20. The van der Waals surface area contributed by atoms with Gasteiger partial charge in [-0.25, -0.2) is 0 Å². The number of aliphatic hydroxyl groups excluding tert-OH is 2. The lowest BCUT2D eigenvalue weighted by Gasteiger charge is -2.13. The predicted octanol–water partition coefficient (Wildman–Crippen LogP) is 10.8. The fourth-order valence-electron chi connectivity index (χ4n) is 4.71. The van der Waals surface area contributed by atoms with Gasteiger partial charge >= 0.3 is 0 Å². The van der Waals surface area contributed by atoms with Crippen LogP contribution < -0.4 is 0 Å². The number of hydrogen-bond acceptors (Lipinski definition) is 2. The third-order valence-electron chi connectivity index (χ3n) is 7.20. The molecule has 1 atom stereocenters. The van der Waals surface area contributed by atoms with Crippen LogP contribution in [0.1, 0.15) is 188 Å². The van der Waals surface area contributed by atoms with E-state index in [0.29, 0.717) is 19.1 Å². The van der Waals surface area contributed by atoms with E-state index in [4.69, 9.17) is 5.11 Å². The molecule has 0 aromatic rings. The molecule has 0 aliphatic rings. The fourth-order valence-corrected chi connectivity index (χ4v) is 4.71. The second-order valence-electron chi connectivity index (χ2n) is 10.8. The molecular weight excluding hydrogens is 416 g/mol. The highest BCUT2D eigenvalue weighted by atomic mass is 16.3. The zero-order valence-corrected chi connectivity index (χ0v) is 24.3. The number of aliphatic hydroxyl groups is 2. The van der Waals surface area contributed by atoms with Gasteiger partial charge in [0.1, 0.15) is 0 Å². The molecule has 0 amide bonds. The molecule has 0 bridgehead atoms. The van der Waals surface area contributed by atoms with Crippen LogP contribution in [0.2, 0.25) is 0 Å². The smallest absolute Gasteiger partial charge is 0.0459 e. The Bertz CT molecular complexity index is 304. The molecule has 0 saturated heterocycles. The van der Waals surface area contributed by atoms with Gasteiger partial charge in [-0.15, -0.1) is 0 Å². The molecule has 0 aromatic heterocycles. The monoisotopic (exact) mass is 485 g/mol. The Morgan fingerprint density at radius 3 is 0.912 bits per heavy atom. The average molecular weight is 485 g/mol. The van der Waals surface area contributed by atoms with Crippen molar-refractivity contribution in [3.8, 4) is 0 Å². The molecule has 2 nitrogen and oxygen atoms in total. The molecule has 0 radical (unpaired) electrons. The van der Waals surface area contributed by atoms with Gasteiger partial charge in [-0.1, -0.05) is 168 Å². The highest BCUT2D eigenvalue weighted by Gasteiger charge is 2.06. The SMILES string of the molecule is CCCCCCCCC(CO)CCCCCC.CCCCCCCCCCCCCCCCO. The van der Waals surface area contributed by atoms with Crippen LogP contribution in [0.25, 0.3) is 0 Å². The predicted molar refractivity (Wildman–Crippen MR) is 155 cm³/mol. The van der Waals surface area contributed by atoms with E-state index in [1.807, 2.05) is 0 Å². The van der Waals surface area contributed by atoms with E-state index in [2.05, 4.69) is 20.8 Å². The second-order valence-corrected chi connectivity index (χ2v) is 10.8. The lowest BCUT2D eigenvalue weighted by molar-refractivity contribution is 0.204. The van der Waals surface area contributed by atoms with E-state index in [-0.39, 0.29) is 0 Å². The molecule has 0 aliphatic heterocycles. The molecule has 208 valence electrons. The molecule has 0 aromatic carbocycles. The largest absolute Gasteiger partial charge is 0.396 e. The third kappa shape index (κ3) is 34.1. The number of rotatable bonds is 27. The number of hydrogen-bond donors (Lipinski definition) is 2. The summed E-state index contributed by atoms with van der Waals surface area (Å²) in [7, 11) is 0. The molecule has 0 fully saturated rings. The molecule has 2 heteroatoms. The molecule has 0 rings (SSSR count). The van der Waals surface area contributed by atoms with Gasteiger partial charge in [0, 0.05) is 13.2 Å². The molecule has 0 saturated carbocycles. The van der Waals surface area contributed by atoms with Crippen LogP contribution in [0.15, 0.2) is 0 Å². The summed E-state index contributed by atoms with van der Waals surface area (Å²) in [4.78, 5) is 0. The van der Waals surface area contributed by atoms with E-state index < -0.39 is 0 Å². The Balaban J connectivity index is 0. The molecule has 0 heterocycles. The van der Waals surface area contributed by atoms with Crippen LogP contribution in [0.3, 0.4) is 0 Å². The average Bonchev–Trinajstić information content (AvgIpc) is 2.86. The van der Waals surface area contributed by atoms with Gasteiger partial charge < -0.3 is 10.2 Å². The van der Waals surface area contributed by atoms with Crippen molar-refractivity contribution in [3.05, 3.63) is 0 Å². The first-order valence-electron chi connectivity index (χ1n) is 16.0. The van der Waals surface area contributed by atoms with Gasteiger partial charge in [0.2, 0.25) is 0 Å². The Morgan fingerprint density at radius 2 is 0.618 bits per heavy atom. The fraction of sp³-hybridized carbons (Fsp3) is 1.00. The molecule has 0 spiro atoms. The highest BCUT2D eigenvalue weighted by Crippen LogP contribution is 2.18. The summed E-state index contributed by atoms with van der Waals surface area (Å²) in [6.07, 6.45) is 35.2. The Morgan fingerprint density at radius 1 is 0.353 bits per heavy atom. The van der Waals surface area contributed by atoms with Gasteiger partial charge in [-0.3, -0.25) is 0 Å². The van der Waals surface area contributed by atoms with Crippen molar-refractivity contribution in [2.75, 3.05) is 13.2 Å². The standard InChI is InChI=1S/2C16H34O/c1-3-5-7-9-10-12-14-16(15-17)13-11-8-6-4-2;1-2-3-4-5-6-7-8-9-10-11-12-13-14-15-16-17/h16-17H,3-15H2,1-2H3;17H,2-16H2,1H3. The van der Waals surface area contributed by atoms with Gasteiger partial charge in [-0.2, -0.15) is 0 Å². The summed E-state index contributed by atoms with van der Waals surface area (Å²) >= 11 is 0. The van der Waals surface area contributed by atoms with Crippen LogP contribution >= 0.6 is 0 Å². The van der Waals surface area contributed by atoms with E-state index in [1.165, 1.54) is 161 Å². The first kappa shape index (κ1) is 36.1. The summed E-state index contributed by atoms with van der Waals surface area (Å²) in [5.41, 5.74) is 0. The Hall–Kier alpha value is -0.0800. The maximum Gasteiger partial charge on any atom is 0.0459 e. The minimum Gasteiger partial charge on any atom is -0.396 e. The van der Waals surface area contributed by atoms with Gasteiger partial charge in [-0.05, 0) is 25.2 Å². The van der Waals surface area contributed by atoms with Crippen molar-refractivity contribution in [3.63, 3.8) is 0 Å². The maximum absolute atomic E-state index is 9.32.